The Morgan fingerprint density at radius 2 is 1.06 bits per heavy atom. The first-order valence-electron chi connectivity index (χ1n) is 11.2. The molecule has 0 saturated carbocycles. The molecule has 0 radical (unpaired) electrons. The molecule has 33 heavy (non-hydrogen) atoms. The highest BCUT2D eigenvalue weighted by Gasteiger charge is 2.24. The maximum absolute atomic E-state index is 12.6. The minimum Gasteiger partial charge on any atom is -0.459 e. The van der Waals surface area contributed by atoms with E-state index in [0.29, 0.717) is 49.9 Å². The first-order chi connectivity index (χ1) is 15.6. The molecule has 0 unspecified atom stereocenters. The lowest BCUT2D eigenvalue weighted by Gasteiger charge is -2.10. The highest BCUT2D eigenvalue weighted by atomic mass is 32.2. The van der Waals surface area contributed by atoms with Crippen molar-refractivity contribution in [2.24, 2.45) is 0 Å². The second-order valence-corrected chi connectivity index (χ2v) is 10.8. The zero-order valence-corrected chi connectivity index (χ0v) is 19.9. The van der Waals surface area contributed by atoms with Crippen LogP contribution in [-0.4, -0.2) is 40.9 Å². The molecule has 3 heterocycles. The van der Waals surface area contributed by atoms with Crippen LogP contribution in [0.3, 0.4) is 0 Å². The molecule has 0 aliphatic carbocycles. The van der Waals surface area contributed by atoms with Gasteiger partial charge in [0.25, 0.3) is 11.1 Å². The quantitative estimate of drug-likeness (QED) is 0.516. The standard InChI is InChI=1S/C22H30N2O8S/c1-15-17-13-31-19(25)9-5-3-7-11-33(29,30)12-8-4-6-10-20(26)32-14-18-16(2)22(28)24(21(15)27)23(17)18/h3-14H2,1-2H3. The molecule has 2 aromatic heterocycles. The molecule has 0 N–H and O–H groups in total. The summed E-state index contributed by atoms with van der Waals surface area (Å²) >= 11 is 0. The Hall–Kier alpha value is -2.69. The molecule has 0 fully saturated rings. The zero-order valence-electron chi connectivity index (χ0n) is 19.1. The van der Waals surface area contributed by atoms with Crippen molar-refractivity contribution in [1.82, 2.24) is 9.03 Å². The second-order valence-electron chi connectivity index (χ2n) is 8.47. The van der Waals surface area contributed by atoms with Crippen LogP contribution in [0.15, 0.2) is 9.59 Å². The van der Waals surface area contributed by atoms with Gasteiger partial charge in [-0.1, -0.05) is 12.8 Å². The van der Waals surface area contributed by atoms with Crippen LogP contribution in [-0.2, 0) is 42.1 Å². The summed E-state index contributed by atoms with van der Waals surface area (Å²) < 4.78 is 37.3. The average molecular weight is 483 g/mol. The number of hydrogen-bond donors (Lipinski definition) is 0. The molecule has 2 aromatic rings. The number of aromatic nitrogens is 2. The number of carbonyl (C=O) groups is 2. The highest BCUT2D eigenvalue weighted by molar-refractivity contribution is 7.91. The first kappa shape index (κ1) is 24.9. The fourth-order valence-corrected chi connectivity index (χ4v) is 5.47. The van der Waals surface area contributed by atoms with E-state index in [1.807, 2.05) is 0 Å². The lowest BCUT2D eigenvalue weighted by Crippen LogP contribution is -2.23. The third kappa shape index (κ3) is 5.82. The van der Waals surface area contributed by atoms with Gasteiger partial charge in [-0.2, -0.15) is 4.52 Å². The van der Waals surface area contributed by atoms with E-state index in [1.54, 1.807) is 13.8 Å². The van der Waals surface area contributed by atoms with Crippen molar-refractivity contribution in [2.75, 3.05) is 11.5 Å². The topological polar surface area (TPSA) is 130 Å². The summed E-state index contributed by atoms with van der Waals surface area (Å²) in [7, 11) is -3.16. The van der Waals surface area contributed by atoms with Crippen LogP contribution in [0.25, 0.3) is 0 Å². The predicted molar refractivity (Wildman–Crippen MR) is 119 cm³/mol. The average Bonchev–Trinajstić information content (AvgIpc) is 3.14. The van der Waals surface area contributed by atoms with Gasteiger partial charge >= 0.3 is 11.9 Å². The molecule has 0 aromatic carbocycles. The number of carbonyl (C=O) groups excluding carboxylic acids is 2. The number of cyclic esters (lactones) is 2. The van der Waals surface area contributed by atoms with E-state index in [1.165, 1.54) is 4.52 Å². The van der Waals surface area contributed by atoms with Gasteiger partial charge in [-0.3, -0.25) is 19.2 Å². The van der Waals surface area contributed by atoms with Gasteiger partial charge in [-0.15, -0.1) is 0 Å². The van der Waals surface area contributed by atoms with Gasteiger partial charge in [-0.05, 0) is 39.5 Å². The zero-order chi connectivity index (χ0) is 24.2. The highest BCUT2D eigenvalue weighted by Crippen LogP contribution is 2.15. The Morgan fingerprint density at radius 3 is 1.48 bits per heavy atom. The molecule has 1 aliphatic heterocycles. The number of ether oxygens (including phenoxy) is 2. The molecule has 0 spiro atoms. The normalized spacial score (nSPS) is 19.7. The molecule has 10 nitrogen and oxygen atoms in total. The maximum atomic E-state index is 12.6. The molecule has 11 heteroatoms. The summed E-state index contributed by atoms with van der Waals surface area (Å²) in [4.78, 5) is 49.7. The molecular formula is C22H30N2O8S. The van der Waals surface area contributed by atoms with Crippen molar-refractivity contribution in [2.45, 2.75) is 78.4 Å². The molecule has 0 atom stereocenters. The number of sulfone groups is 1. The monoisotopic (exact) mass is 482 g/mol. The van der Waals surface area contributed by atoms with Crippen LogP contribution in [0.1, 0.15) is 73.9 Å². The van der Waals surface area contributed by atoms with Gasteiger partial charge in [0.15, 0.2) is 0 Å². The number of esters is 2. The minimum absolute atomic E-state index is 0.0750. The van der Waals surface area contributed by atoms with Crippen molar-refractivity contribution in [3.63, 3.8) is 0 Å². The van der Waals surface area contributed by atoms with Crippen LogP contribution in [0, 0.1) is 13.8 Å². The van der Waals surface area contributed by atoms with Gasteiger partial charge in [-0.25, -0.2) is 12.9 Å². The smallest absolute Gasteiger partial charge is 0.306 e. The molecule has 182 valence electrons. The van der Waals surface area contributed by atoms with Gasteiger partial charge in [0, 0.05) is 24.0 Å². The van der Waals surface area contributed by atoms with Gasteiger partial charge in [0.2, 0.25) is 0 Å². The number of hydrogen-bond acceptors (Lipinski definition) is 8. The van der Waals surface area contributed by atoms with Gasteiger partial charge < -0.3 is 9.47 Å². The Labute approximate surface area is 191 Å². The summed E-state index contributed by atoms with van der Waals surface area (Å²) in [6.07, 6.45) is 3.37. The van der Waals surface area contributed by atoms with E-state index in [0.717, 1.165) is 4.52 Å². The Bertz CT molecular complexity index is 1160. The van der Waals surface area contributed by atoms with Crippen LogP contribution in [0.2, 0.25) is 0 Å². The van der Waals surface area contributed by atoms with E-state index < -0.39 is 32.9 Å². The van der Waals surface area contributed by atoms with Crippen LogP contribution < -0.4 is 11.1 Å². The molecule has 3 rings (SSSR count). The second kappa shape index (κ2) is 10.5. The first-order valence-corrected chi connectivity index (χ1v) is 13.0. The van der Waals surface area contributed by atoms with Crippen LogP contribution >= 0.6 is 0 Å². The predicted octanol–water partition coefficient (Wildman–Crippen LogP) is 1.45. The molecular weight excluding hydrogens is 452 g/mol. The largest absolute Gasteiger partial charge is 0.459 e. The Kier molecular flexibility index (Phi) is 7.93. The molecule has 0 amide bonds. The maximum Gasteiger partial charge on any atom is 0.306 e. The van der Waals surface area contributed by atoms with Crippen molar-refractivity contribution in [3.05, 3.63) is 43.2 Å². The minimum atomic E-state index is -3.16. The SMILES string of the molecule is Cc1c2n3c(c(C)c(=O)n3c1=O)COC(=O)CCCCCS(=O)(=O)CCCCCC(=O)OC2. The number of nitrogens with zero attached hydrogens (tertiary/aromatic N) is 2. The molecule has 1 aliphatic rings. The van der Waals surface area contributed by atoms with Crippen LogP contribution in [0.5, 0.6) is 0 Å². The van der Waals surface area contributed by atoms with Crippen LogP contribution in [0.4, 0.5) is 0 Å². The summed E-state index contributed by atoms with van der Waals surface area (Å²) in [5, 5.41) is 0. The van der Waals surface area contributed by atoms with Gasteiger partial charge in [0.1, 0.15) is 23.1 Å². The van der Waals surface area contributed by atoms with Crippen molar-refractivity contribution in [3.8, 4) is 0 Å². The summed E-state index contributed by atoms with van der Waals surface area (Å²) in [5.41, 5.74) is 0.243. The lowest BCUT2D eigenvalue weighted by molar-refractivity contribution is -0.145. The fourth-order valence-electron chi connectivity index (χ4n) is 3.98. The van der Waals surface area contributed by atoms with Crippen molar-refractivity contribution in [1.29, 1.82) is 0 Å². The summed E-state index contributed by atoms with van der Waals surface area (Å²) in [5.74, 6) is -0.799. The van der Waals surface area contributed by atoms with Crippen molar-refractivity contribution >= 4 is 21.8 Å². The van der Waals surface area contributed by atoms with E-state index in [4.69, 9.17) is 9.47 Å². The summed E-state index contributed by atoms with van der Waals surface area (Å²) in [6.45, 7) is 2.68. The third-order valence-electron chi connectivity index (χ3n) is 6.02. The molecule has 0 saturated heterocycles. The Balaban J connectivity index is 1.85. The number of rotatable bonds is 0. The lowest BCUT2D eigenvalue weighted by atomic mass is 10.2. The van der Waals surface area contributed by atoms with Gasteiger partial charge in [0.05, 0.1) is 22.9 Å². The van der Waals surface area contributed by atoms with E-state index >= 15 is 0 Å². The third-order valence-corrected chi connectivity index (χ3v) is 7.84. The fraction of sp³-hybridized carbons (Fsp3) is 0.636. The molecule has 0 bridgehead atoms. The van der Waals surface area contributed by atoms with E-state index in [2.05, 4.69) is 0 Å². The van der Waals surface area contributed by atoms with E-state index in [-0.39, 0.29) is 48.7 Å². The summed E-state index contributed by atoms with van der Waals surface area (Å²) in [6, 6.07) is 0. The Morgan fingerprint density at radius 1 is 0.636 bits per heavy atom. The van der Waals surface area contributed by atoms with E-state index in [9.17, 15) is 27.6 Å². The van der Waals surface area contributed by atoms with Crippen molar-refractivity contribution < 1.29 is 27.5 Å².